The largest absolute Gasteiger partial charge is 0.460 e. The number of rotatable bonds is 10. The molecule has 0 fully saturated rings. The minimum Gasteiger partial charge on any atom is -0.460 e. The van der Waals surface area contributed by atoms with E-state index in [-0.39, 0.29) is 31.7 Å². The highest BCUT2D eigenvalue weighted by molar-refractivity contribution is 5.88. The summed E-state index contributed by atoms with van der Waals surface area (Å²) in [6, 6.07) is 16.4. The smallest absolute Gasteiger partial charge is 0.408 e. The summed E-state index contributed by atoms with van der Waals surface area (Å²) in [4.78, 5) is 37.3. The minimum atomic E-state index is -0.823. The standard InChI is InChI=1S/C26H33NO5/c1-19-10-12-20(13-11-19)14-16-23(28)22(15-17-24(29)32-26(2,3)4)27-25(30)31-18-21-8-6-5-7-9-21/h5-13,22H,14-18H2,1-4H3,(H,27,30)/t22-/m1/s1. The third kappa shape index (κ3) is 9.77. The highest BCUT2D eigenvalue weighted by atomic mass is 16.6. The summed E-state index contributed by atoms with van der Waals surface area (Å²) in [6.45, 7) is 7.46. The number of ether oxygens (including phenoxy) is 2. The van der Waals surface area contributed by atoms with Gasteiger partial charge in [0.05, 0.1) is 6.04 Å². The molecule has 0 saturated carbocycles. The molecule has 32 heavy (non-hydrogen) atoms. The van der Waals surface area contributed by atoms with Crippen molar-refractivity contribution in [3.8, 4) is 0 Å². The van der Waals surface area contributed by atoms with Crippen molar-refractivity contribution >= 4 is 17.8 Å². The normalized spacial score (nSPS) is 12.0. The van der Waals surface area contributed by atoms with E-state index in [4.69, 9.17) is 9.47 Å². The number of aryl methyl sites for hydroxylation is 2. The molecule has 0 aliphatic rings. The zero-order valence-corrected chi connectivity index (χ0v) is 19.4. The van der Waals surface area contributed by atoms with E-state index in [1.54, 1.807) is 20.8 Å². The number of amides is 1. The maximum atomic E-state index is 12.9. The van der Waals surface area contributed by atoms with E-state index in [2.05, 4.69) is 5.32 Å². The van der Waals surface area contributed by atoms with Crippen LogP contribution in [0.3, 0.4) is 0 Å². The molecule has 1 N–H and O–H groups in total. The highest BCUT2D eigenvalue weighted by Gasteiger charge is 2.24. The zero-order chi connectivity index (χ0) is 23.6. The fraction of sp³-hybridized carbons (Fsp3) is 0.423. The van der Waals surface area contributed by atoms with Crippen LogP contribution in [-0.4, -0.2) is 29.5 Å². The number of esters is 1. The van der Waals surface area contributed by atoms with Gasteiger partial charge in [0.1, 0.15) is 12.2 Å². The maximum Gasteiger partial charge on any atom is 0.408 e. The fourth-order valence-electron chi connectivity index (χ4n) is 3.07. The van der Waals surface area contributed by atoms with E-state index in [1.165, 1.54) is 0 Å². The van der Waals surface area contributed by atoms with Crippen molar-refractivity contribution in [3.05, 3.63) is 71.3 Å². The lowest BCUT2D eigenvalue weighted by molar-refractivity contribution is -0.155. The summed E-state index contributed by atoms with van der Waals surface area (Å²) < 4.78 is 10.6. The molecule has 2 aromatic carbocycles. The Morgan fingerprint density at radius 3 is 2.19 bits per heavy atom. The van der Waals surface area contributed by atoms with E-state index < -0.39 is 23.7 Å². The lowest BCUT2D eigenvalue weighted by atomic mass is 9.99. The Labute approximate surface area is 190 Å². The lowest BCUT2D eigenvalue weighted by Gasteiger charge is -2.21. The molecule has 0 saturated heterocycles. The van der Waals surface area contributed by atoms with Crippen LogP contribution < -0.4 is 5.32 Å². The number of alkyl carbamates (subject to hydrolysis) is 1. The number of hydrogen-bond acceptors (Lipinski definition) is 5. The van der Waals surface area contributed by atoms with Gasteiger partial charge in [0.25, 0.3) is 0 Å². The third-order valence-corrected chi connectivity index (χ3v) is 4.73. The SMILES string of the molecule is Cc1ccc(CCC(=O)[C@@H](CCC(=O)OC(C)(C)C)NC(=O)OCc2ccccc2)cc1. The molecule has 0 aromatic heterocycles. The van der Waals surface area contributed by atoms with Crippen LogP contribution in [0.5, 0.6) is 0 Å². The van der Waals surface area contributed by atoms with Crippen molar-refractivity contribution in [1.29, 1.82) is 0 Å². The molecule has 0 unspecified atom stereocenters. The third-order valence-electron chi connectivity index (χ3n) is 4.73. The molecular formula is C26H33NO5. The van der Waals surface area contributed by atoms with E-state index in [0.29, 0.717) is 6.42 Å². The van der Waals surface area contributed by atoms with Crippen LogP contribution in [0.25, 0.3) is 0 Å². The topological polar surface area (TPSA) is 81.7 Å². The second kappa shape index (κ2) is 12.0. The minimum absolute atomic E-state index is 0.0250. The highest BCUT2D eigenvalue weighted by Crippen LogP contribution is 2.13. The molecule has 0 bridgehead atoms. The molecule has 2 rings (SSSR count). The van der Waals surface area contributed by atoms with Gasteiger partial charge >= 0.3 is 12.1 Å². The summed E-state index contributed by atoms with van der Waals surface area (Å²) >= 11 is 0. The number of nitrogens with one attached hydrogen (secondary N) is 1. The molecule has 6 heteroatoms. The number of Topliss-reactive ketones (excluding diaryl/α,β-unsaturated/α-hetero) is 1. The maximum absolute atomic E-state index is 12.9. The van der Waals surface area contributed by atoms with Gasteiger partial charge in [-0.05, 0) is 51.7 Å². The van der Waals surface area contributed by atoms with Crippen LogP contribution >= 0.6 is 0 Å². The van der Waals surface area contributed by atoms with Crippen molar-refractivity contribution in [3.63, 3.8) is 0 Å². The molecule has 6 nitrogen and oxygen atoms in total. The second-order valence-electron chi connectivity index (χ2n) is 8.84. The van der Waals surface area contributed by atoms with Gasteiger partial charge < -0.3 is 14.8 Å². The molecule has 0 heterocycles. The molecule has 0 spiro atoms. The van der Waals surface area contributed by atoms with Crippen molar-refractivity contribution in [2.75, 3.05) is 0 Å². The first-order chi connectivity index (χ1) is 15.1. The van der Waals surface area contributed by atoms with E-state index >= 15 is 0 Å². The zero-order valence-electron chi connectivity index (χ0n) is 19.4. The number of benzene rings is 2. The summed E-state index contributed by atoms with van der Waals surface area (Å²) in [5, 5.41) is 2.63. The molecule has 0 aliphatic carbocycles. The summed E-state index contributed by atoms with van der Waals surface area (Å²) in [5.41, 5.74) is 2.43. The summed E-state index contributed by atoms with van der Waals surface area (Å²) in [7, 11) is 0. The Morgan fingerprint density at radius 1 is 0.906 bits per heavy atom. The van der Waals surface area contributed by atoms with Gasteiger partial charge in [-0.1, -0.05) is 60.2 Å². The lowest BCUT2D eigenvalue weighted by Crippen LogP contribution is -2.41. The van der Waals surface area contributed by atoms with Crippen LogP contribution in [0.4, 0.5) is 4.79 Å². The first kappa shape index (κ1) is 25.1. The quantitative estimate of drug-likeness (QED) is 0.532. The van der Waals surface area contributed by atoms with Gasteiger partial charge in [-0.2, -0.15) is 0 Å². The van der Waals surface area contributed by atoms with Gasteiger partial charge in [0.2, 0.25) is 0 Å². The molecular weight excluding hydrogens is 406 g/mol. The van der Waals surface area contributed by atoms with Crippen molar-refractivity contribution < 1.29 is 23.9 Å². The van der Waals surface area contributed by atoms with Gasteiger partial charge in [0, 0.05) is 12.8 Å². The Hall–Kier alpha value is -3.15. The second-order valence-corrected chi connectivity index (χ2v) is 8.84. The molecule has 172 valence electrons. The van der Waals surface area contributed by atoms with E-state index in [9.17, 15) is 14.4 Å². The van der Waals surface area contributed by atoms with Crippen LogP contribution in [0.15, 0.2) is 54.6 Å². The van der Waals surface area contributed by atoms with E-state index in [1.807, 2.05) is 61.5 Å². The van der Waals surface area contributed by atoms with Crippen molar-refractivity contribution in [2.24, 2.45) is 0 Å². The Balaban J connectivity index is 1.95. The van der Waals surface area contributed by atoms with Crippen molar-refractivity contribution in [1.82, 2.24) is 5.32 Å². The van der Waals surface area contributed by atoms with Gasteiger partial charge in [-0.25, -0.2) is 4.79 Å². The van der Waals surface area contributed by atoms with E-state index in [0.717, 1.165) is 16.7 Å². The van der Waals surface area contributed by atoms with Crippen molar-refractivity contribution in [2.45, 2.75) is 71.6 Å². The van der Waals surface area contributed by atoms with Crippen LogP contribution in [0, 0.1) is 6.92 Å². The molecule has 1 amide bonds. The first-order valence-corrected chi connectivity index (χ1v) is 10.9. The number of hydrogen-bond donors (Lipinski definition) is 1. The molecule has 0 aliphatic heterocycles. The number of ketones is 1. The Morgan fingerprint density at radius 2 is 1.56 bits per heavy atom. The van der Waals surface area contributed by atoms with Crippen LogP contribution in [0.2, 0.25) is 0 Å². The van der Waals surface area contributed by atoms with Gasteiger partial charge in [-0.15, -0.1) is 0 Å². The molecule has 1 atom stereocenters. The molecule has 0 radical (unpaired) electrons. The average molecular weight is 440 g/mol. The van der Waals surface area contributed by atoms with Gasteiger partial charge in [-0.3, -0.25) is 9.59 Å². The van der Waals surface area contributed by atoms with Crippen LogP contribution in [0.1, 0.15) is 56.7 Å². The number of carbonyl (C=O) groups is 3. The monoisotopic (exact) mass is 439 g/mol. The van der Waals surface area contributed by atoms with Crippen LogP contribution in [-0.2, 0) is 32.1 Å². The summed E-state index contributed by atoms with van der Waals surface area (Å²) in [6.07, 6.45) is 0.301. The van der Waals surface area contributed by atoms with Gasteiger partial charge in [0.15, 0.2) is 5.78 Å². The number of carbonyl (C=O) groups excluding carboxylic acids is 3. The Bertz CT molecular complexity index is 885. The average Bonchev–Trinajstić information content (AvgIpc) is 2.74. The Kier molecular flexibility index (Phi) is 9.44. The first-order valence-electron chi connectivity index (χ1n) is 10.9. The summed E-state index contributed by atoms with van der Waals surface area (Å²) in [5.74, 6) is -0.556. The predicted octanol–water partition coefficient (Wildman–Crippen LogP) is 4.91. The molecule has 2 aromatic rings. The predicted molar refractivity (Wildman–Crippen MR) is 123 cm³/mol. The fourth-order valence-corrected chi connectivity index (χ4v) is 3.07.